The molecular weight excluding hydrogens is 294 g/mol. The summed E-state index contributed by atoms with van der Waals surface area (Å²) >= 11 is 1.20. The van der Waals surface area contributed by atoms with Crippen molar-refractivity contribution in [2.24, 2.45) is 5.92 Å². The third kappa shape index (κ3) is 3.34. The molecule has 0 aliphatic heterocycles. The van der Waals surface area contributed by atoms with Crippen molar-refractivity contribution in [2.45, 2.75) is 13.8 Å². The second-order valence-electron chi connectivity index (χ2n) is 4.69. The first-order valence-electron chi connectivity index (χ1n) is 6.16. The number of non-ortho nitro benzene ring substituents is 1. The highest BCUT2D eigenvalue weighted by molar-refractivity contribution is 7.20. The molecule has 1 aromatic heterocycles. The zero-order chi connectivity index (χ0) is 15.6. The fourth-order valence-corrected chi connectivity index (χ4v) is 2.52. The molecule has 21 heavy (non-hydrogen) atoms. The minimum atomic E-state index is -0.486. The molecule has 2 rings (SSSR count). The number of thiophene rings is 1. The van der Waals surface area contributed by atoms with Crippen LogP contribution in [0.3, 0.4) is 0 Å². The molecule has 0 saturated heterocycles. The number of amides is 2. The van der Waals surface area contributed by atoms with E-state index in [1.54, 1.807) is 26.0 Å². The molecule has 0 aliphatic carbocycles. The van der Waals surface area contributed by atoms with E-state index in [0.29, 0.717) is 10.3 Å². The average molecular weight is 307 g/mol. The molecule has 0 saturated carbocycles. The number of rotatable bonds is 3. The molecule has 2 amide bonds. The van der Waals surface area contributed by atoms with Gasteiger partial charge in [-0.1, -0.05) is 13.8 Å². The summed E-state index contributed by atoms with van der Waals surface area (Å²) in [6.45, 7) is 3.42. The maximum Gasteiger partial charge on any atom is 0.279 e. The number of carbonyl (C=O) groups excluding carboxylic acids is 2. The summed E-state index contributed by atoms with van der Waals surface area (Å²) in [7, 11) is 0. The Labute approximate surface area is 124 Å². The van der Waals surface area contributed by atoms with E-state index >= 15 is 0 Å². The second-order valence-corrected chi connectivity index (χ2v) is 5.77. The van der Waals surface area contributed by atoms with Crippen LogP contribution in [0, 0.1) is 16.0 Å². The topological polar surface area (TPSA) is 101 Å². The third-order valence-corrected chi connectivity index (χ3v) is 3.87. The van der Waals surface area contributed by atoms with Gasteiger partial charge in [0.05, 0.1) is 9.80 Å². The van der Waals surface area contributed by atoms with E-state index in [4.69, 9.17) is 0 Å². The quantitative estimate of drug-likeness (QED) is 0.670. The lowest BCUT2D eigenvalue weighted by atomic mass is 10.2. The van der Waals surface area contributed by atoms with Crippen LogP contribution >= 0.6 is 11.3 Å². The molecule has 0 unspecified atom stereocenters. The Balaban J connectivity index is 2.17. The van der Waals surface area contributed by atoms with Gasteiger partial charge in [-0.15, -0.1) is 11.3 Å². The molecule has 7 nitrogen and oxygen atoms in total. The summed E-state index contributed by atoms with van der Waals surface area (Å²) < 4.78 is 0.765. The fourth-order valence-electron chi connectivity index (χ4n) is 1.58. The number of nitro groups is 1. The van der Waals surface area contributed by atoms with Crippen molar-refractivity contribution in [3.8, 4) is 0 Å². The van der Waals surface area contributed by atoms with Crippen molar-refractivity contribution in [3.63, 3.8) is 0 Å². The Morgan fingerprint density at radius 3 is 2.57 bits per heavy atom. The predicted molar refractivity (Wildman–Crippen MR) is 78.9 cm³/mol. The summed E-state index contributed by atoms with van der Waals surface area (Å²) in [6.07, 6.45) is 0. The molecule has 0 radical (unpaired) electrons. The molecule has 1 aromatic carbocycles. The van der Waals surface area contributed by atoms with Crippen molar-refractivity contribution in [2.75, 3.05) is 0 Å². The Morgan fingerprint density at radius 1 is 1.24 bits per heavy atom. The number of hydrogen-bond acceptors (Lipinski definition) is 5. The van der Waals surface area contributed by atoms with Crippen LogP contribution in [0.25, 0.3) is 10.1 Å². The van der Waals surface area contributed by atoms with Crippen LogP contribution in [-0.4, -0.2) is 16.7 Å². The highest BCUT2D eigenvalue weighted by atomic mass is 32.1. The van der Waals surface area contributed by atoms with Gasteiger partial charge in [0.15, 0.2) is 0 Å². The maximum absolute atomic E-state index is 11.9. The average Bonchev–Trinajstić information content (AvgIpc) is 2.86. The highest BCUT2D eigenvalue weighted by Crippen LogP contribution is 2.28. The number of benzene rings is 1. The minimum absolute atomic E-state index is 0.0274. The first kappa shape index (κ1) is 14.9. The van der Waals surface area contributed by atoms with Gasteiger partial charge in [0, 0.05) is 28.1 Å². The first-order valence-corrected chi connectivity index (χ1v) is 6.98. The molecular formula is C13H13N3O4S. The van der Waals surface area contributed by atoms with Gasteiger partial charge in [-0.2, -0.15) is 0 Å². The number of hydrogen-bond donors (Lipinski definition) is 2. The molecule has 8 heteroatoms. The SMILES string of the molecule is CC(C)C(=O)NNC(=O)c1cc2cc([N+](=O)[O-])ccc2s1. The van der Waals surface area contributed by atoms with E-state index in [1.165, 1.54) is 23.5 Å². The van der Waals surface area contributed by atoms with Gasteiger partial charge in [0.1, 0.15) is 0 Å². The van der Waals surface area contributed by atoms with E-state index in [2.05, 4.69) is 10.9 Å². The number of nitro benzene ring substituents is 1. The minimum Gasteiger partial charge on any atom is -0.273 e. The van der Waals surface area contributed by atoms with Crippen molar-refractivity contribution < 1.29 is 14.5 Å². The molecule has 110 valence electrons. The molecule has 1 heterocycles. The van der Waals surface area contributed by atoms with Gasteiger partial charge < -0.3 is 0 Å². The summed E-state index contributed by atoms with van der Waals surface area (Å²) in [4.78, 5) is 33.9. The number of fused-ring (bicyclic) bond motifs is 1. The van der Waals surface area contributed by atoms with Crippen LogP contribution in [0.4, 0.5) is 5.69 Å². The van der Waals surface area contributed by atoms with Crippen molar-refractivity contribution in [1.29, 1.82) is 0 Å². The van der Waals surface area contributed by atoms with Crippen LogP contribution in [0.5, 0.6) is 0 Å². The lowest BCUT2D eigenvalue weighted by Gasteiger charge is -2.07. The standard InChI is InChI=1S/C13H13N3O4S/c1-7(2)12(17)14-15-13(18)11-6-8-5-9(16(19)20)3-4-10(8)21-11/h3-7H,1-2H3,(H,14,17)(H,15,18). The summed E-state index contributed by atoms with van der Waals surface area (Å²) in [5.74, 6) is -0.983. The van der Waals surface area contributed by atoms with E-state index in [0.717, 1.165) is 4.70 Å². The number of nitrogens with zero attached hydrogens (tertiary/aromatic N) is 1. The Morgan fingerprint density at radius 2 is 1.95 bits per heavy atom. The lowest BCUT2D eigenvalue weighted by Crippen LogP contribution is -2.43. The summed E-state index contributed by atoms with van der Waals surface area (Å²) in [6, 6.07) is 5.96. The predicted octanol–water partition coefficient (Wildman–Crippen LogP) is 2.23. The van der Waals surface area contributed by atoms with Crippen LogP contribution in [0.15, 0.2) is 24.3 Å². The zero-order valence-corrected chi connectivity index (χ0v) is 12.2. The fraction of sp³-hybridized carbons (Fsp3) is 0.231. The van der Waals surface area contributed by atoms with Gasteiger partial charge in [0.25, 0.3) is 11.6 Å². The maximum atomic E-state index is 11.9. The van der Waals surface area contributed by atoms with Gasteiger partial charge in [-0.05, 0) is 12.1 Å². The summed E-state index contributed by atoms with van der Waals surface area (Å²) in [5, 5.41) is 11.3. The molecule has 0 fully saturated rings. The summed E-state index contributed by atoms with van der Waals surface area (Å²) in [5.41, 5.74) is 4.60. The van der Waals surface area contributed by atoms with Crippen LogP contribution in [-0.2, 0) is 4.79 Å². The van der Waals surface area contributed by atoms with E-state index < -0.39 is 10.8 Å². The van der Waals surface area contributed by atoms with Crippen LogP contribution in [0.2, 0.25) is 0 Å². The second kappa shape index (κ2) is 5.88. The van der Waals surface area contributed by atoms with Crippen molar-refractivity contribution in [3.05, 3.63) is 39.3 Å². The van der Waals surface area contributed by atoms with Crippen LogP contribution < -0.4 is 10.9 Å². The van der Waals surface area contributed by atoms with E-state index in [9.17, 15) is 19.7 Å². The molecule has 0 aliphatic rings. The van der Waals surface area contributed by atoms with Gasteiger partial charge >= 0.3 is 0 Å². The molecule has 0 spiro atoms. The zero-order valence-electron chi connectivity index (χ0n) is 11.4. The van der Waals surface area contributed by atoms with E-state index in [-0.39, 0.29) is 17.5 Å². The van der Waals surface area contributed by atoms with Crippen molar-refractivity contribution in [1.82, 2.24) is 10.9 Å². The van der Waals surface area contributed by atoms with E-state index in [1.807, 2.05) is 0 Å². The molecule has 2 N–H and O–H groups in total. The van der Waals surface area contributed by atoms with Gasteiger partial charge in [0.2, 0.25) is 5.91 Å². The number of nitrogens with one attached hydrogen (secondary N) is 2. The Hall–Kier alpha value is -2.48. The monoisotopic (exact) mass is 307 g/mol. The highest BCUT2D eigenvalue weighted by Gasteiger charge is 2.14. The normalized spacial score (nSPS) is 10.6. The first-order chi connectivity index (χ1) is 9.88. The lowest BCUT2D eigenvalue weighted by molar-refractivity contribution is -0.384. The number of hydrazine groups is 1. The Kier molecular flexibility index (Phi) is 4.18. The smallest absolute Gasteiger partial charge is 0.273 e. The molecule has 2 aromatic rings. The third-order valence-electron chi connectivity index (χ3n) is 2.76. The van der Waals surface area contributed by atoms with Gasteiger partial charge in [-0.25, -0.2) is 0 Å². The molecule has 0 atom stereocenters. The number of carbonyl (C=O) groups is 2. The van der Waals surface area contributed by atoms with Gasteiger partial charge in [-0.3, -0.25) is 30.6 Å². The van der Waals surface area contributed by atoms with Crippen molar-refractivity contribution >= 4 is 38.9 Å². The Bertz CT molecular complexity index is 723. The molecule has 0 bridgehead atoms. The van der Waals surface area contributed by atoms with Crippen LogP contribution in [0.1, 0.15) is 23.5 Å². The largest absolute Gasteiger partial charge is 0.279 e.